The second kappa shape index (κ2) is 7.09. The average molecular weight is 402 g/mol. The summed E-state index contributed by atoms with van der Waals surface area (Å²) in [7, 11) is 2.24. The number of hydrogen-bond donors (Lipinski definition) is 1. The van der Waals surface area contributed by atoms with Crippen LogP contribution in [0, 0.1) is 6.92 Å². The highest BCUT2D eigenvalue weighted by Gasteiger charge is 2.38. The van der Waals surface area contributed by atoms with Gasteiger partial charge >= 0.3 is 0 Å². The first-order valence-electron chi connectivity index (χ1n) is 11.0. The highest BCUT2D eigenvalue weighted by atomic mass is 15.2. The smallest absolute Gasteiger partial charge is 0.0501 e. The third-order valence-electron chi connectivity index (χ3n) is 6.90. The second-order valence-electron chi connectivity index (χ2n) is 10.4. The van der Waals surface area contributed by atoms with E-state index < -0.39 is 0 Å². The minimum absolute atomic E-state index is 0.0325. The molecule has 158 valence electrons. The van der Waals surface area contributed by atoms with Crippen LogP contribution in [0.15, 0.2) is 42.6 Å². The van der Waals surface area contributed by atoms with Crippen LogP contribution in [-0.2, 0) is 0 Å². The van der Waals surface area contributed by atoms with E-state index in [1.54, 1.807) is 0 Å². The van der Waals surface area contributed by atoms with E-state index in [9.17, 15) is 0 Å². The highest BCUT2D eigenvalue weighted by molar-refractivity contribution is 5.93. The largest absolute Gasteiger partial charge is 0.354 e. The lowest BCUT2D eigenvalue weighted by molar-refractivity contribution is 0.0697. The van der Waals surface area contributed by atoms with Gasteiger partial charge in [-0.3, -0.25) is 9.88 Å². The number of aryl methyl sites for hydroxylation is 1. The Morgan fingerprint density at radius 2 is 1.77 bits per heavy atom. The molecule has 3 nitrogen and oxygen atoms in total. The molecule has 3 heteroatoms. The molecular formula is C27H35N3. The van der Waals surface area contributed by atoms with Gasteiger partial charge in [-0.25, -0.2) is 0 Å². The van der Waals surface area contributed by atoms with Crippen LogP contribution in [0.2, 0.25) is 0 Å². The van der Waals surface area contributed by atoms with Crippen LogP contribution in [0.4, 0.5) is 0 Å². The van der Waals surface area contributed by atoms with Crippen LogP contribution >= 0.6 is 0 Å². The first kappa shape index (κ1) is 20.9. The zero-order valence-corrected chi connectivity index (χ0v) is 19.7. The lowest BCUT2D eigenvalue weighted by Crippen LogP contribution is -2.54. The summed E-state index contributed by atoms with van der Waals surface area (Å²) in [5, 5.41) is 1.34. The summed E-state index contributed by atoms with van der Waals surface area (Å²) in [6.45, 7) is 15.9. The van der Waals surface area contributed by atoms with Crippen molar-refractivity contribution in [2.75, 3.05) is 7.05 Å². The van der Waals surface area contributed by atoms with Crippen LogP contribution in [0.1, 0.15) is 70.7 Å². The molecule has 30 heavy (non-hydrogen) atoms. The Bertz CT molecular complexity index is 1130. The van der Waals surface area contributed by atoms with E-state index in [1.165, 1.54) is 38.9 Å². The maximum atomic E-state index is 4.38. The van der Waals surface area contributed by atoms with Crippen molar-refractivity contribution in [3.8, 4) is 11.3 Å². The molecule has 3 heterocycles. The number of pyridine rings is 1. The number of benzene rings is 1. The number of rotatable bonds is 3. The summed E-state index contributed by atoms with van der Waals surface area (Å²) in [5.74, 6) is 0.428. The van der Waals surface area contributed by atoms with E-state index in [0.29, 0.717) is 5.92 Å². The van der Waals surface area contributed by atoms with Crippen molar-refractivity contribution in [2.24, 2.45) is 0 Å². The third-order valence-corrected chi connectivity index (χ3v) is 6.90. The molecule has 2 aromatic heterocycles. The standard InChI is InChI=1S/C27H35N3/c1-17(2)24-22-14-19(21-15-26(4,5)30(8)27(6,7)16-21)9-10-23(22)29-25(24)20-11-12-28-18(3)13-20/h9-15,17,29H,16H2,1-8H3. The van der Waals surface area contributed by atoms with E-state index in [-0.39, 0.29) is 11.1 Å². The number of H-pyrrole nitrogens is 1. The molecule has 0 bridgehead atoms. The number of aromatic nitrogens is 2. The first-order valence-corrected chi connectivity index (χ1v) is 11.0. The molecule has 1 aromatic carbocycles. The number of nitrogens with zero attached hydrogens (tertiary/aromatic N) is 2. The van der Waals surface area contributed by atoms with Crippen LogP contribution < -0.4 is 0 Å². The number of nitrogens with one attached hydrogen (secondary N) is 1. The molecule has 3 aromatic rings. The van der Waals surface area contributed by atoms with Gasteiger partial charge in [0.05, 0.1) is 5.69 Å². The molecular weight excluding hydrogens is 366 g/mol. The number of likely N-dealkylation sites (N-methyl/N-ethyl adjacent to an activating group) is 1. The zero-order chi connectivity index (χ0) is 21.8. The van der Waals surface area contributed by atoms with Crippen molar-refractivity contribution in [1.82, 2.24) is 14.9 Å². The van der Waals surface area contributed by atoms with Crippen molar-refractivity contribution in [3.05, 3.63) is 59.4 Å². The Morgan fingerprint density at radius 1 is 1.03 bits per heavy atom. The molecule has 1 N–H and O–H groups in total. The van der Waals surface area contributed by atoms with Crippen molar-refractivity contribution in [2.45, 2.75) is 71.9 Å². The Morgan fingerprint density at radius 3 is 2.40 bits per heavy atom. The maximum absolute atomic E-state index is 4.38. The van der Waals surface area contributed by atoms with Gasteiger partial charge in [-0.05, 0) is 95.0 Å². The van der Waals surface area contributed by atoms with Crippen molar-refractivity contribution < 1.29 is 0 Å². The van der Waals surface area contributed by atoms with Gasteiger partial charge in [0.2, 0.25) is 0 Å². The number of aromatic amines is 1. The molecule has 1 aliphatic heterocycles. The van der Waals surface area contributed by atoms with E-state index in [4.69, 9.17) is 0 Å². The predicted molar refractivity (Wildman–Crippen MR) is 129 cm³/mol. The fraction of sp³-hybridized carbons (Fsp3) is 0.444. The summed E-state index contributed by atoms with van der Waals surface area (Å²) in [4.78, 5) is 10.6. The quantitative estimate of drug-likeness (QED) is 0.515. The molecule has 1 aliphatic rings. The number of fused-ring (bicyclic) bond motifs is 1. The molecule has 0 spiro atoms. The summed E-state index contributed by atoms with van der Waals surface area (Å²) >= 11 is 0. The third kappa shape index (κ3) is 3.50. The van der Waals surface area contributed by atoms with E-state index >= 15 is 0 Å². The molecule has 4 rings (SSSR count). The summed E-state index contributed by atoms with van der Waals surface area (Å²) in [6, 6.07) is 11.2. The minimum atomic E-state index is 0.0325. The fourth-order valence-corrected chi connectivity index (χ4v) is 5.07. The van der Waals surface area contributed by atoms with Gasteiger partial charge in [0.1, 0.15) is 0 Å². The van der Waals surface area contributed by atoms with Gasteiger partial charge in [0.15, 0.2) is 0 Å². The summed E-state index contributed by atoms with van der Waals surface area (Å²) in [5.41, 5.74) is 9.03. The maximum Gasteiger partial charge on any atom is 0.0501 e. The molecule has 0 saturated heterocycles. The van der Waals surface area contributed by atoms with E-state index in [2.05, 4.69) is 107 Å². The Balaban J connectivity index is 1.89. The SMILES string of the molecule is Cc1cc(-c2[nH]c3ccc(C4=CC(C)(C)N(C)C(C)(C)C4)cc3c2C(C)C)ccn1. The summed E-state index contributed by atoms with van der Waals surface area (Å²) < 4.78 is 0. The molecule has 0 atom stereocenters. The minimum Gasteiger partial charge on any atom is -0.354 e. The van der Waals surface area contributed by atoms with Crippen LogP contribution in [0.3, 0.4) is 0 Å². The second-order valence-corrected chi connectivity index (χ2v) is 10.4. The zero-order valence-electron chi connectivity index (χ0n) is 19.7. The fourth-order valence-electron chi connectivity index (χ4n) is 5.07. The topological polar surface area (TPSA) is 31.9 Å². The molecule has 0 unspecified atom stereocenters. The lowest BCUT2D eigenvalue weighted by Gasteiger charge is -2.49. The predicted octanol–water partition coefficient (Wildman–Crippen LogP) is 6.94. The Hall–Kier alpha value is -2.39. The Kier molecular flexibility index (Phi) is 4.93. The molecule has 0 radical (unpaired) electrons. The molecule has 0 aliphatic carbocycles. The number of hydrogen-bond acceptors (Lipinski definition) is 2. The van der Waals surface area contributed by atoms with Crippen molar-refractivity contribution in [1.29, 1.82) is 0 Å². The average Bonchev–Trinajstić information content (AvgIpc) is 3.04. The molecule has 0 amide bonds. The van der Waals surface area contributed by atoms with Crippen molar-refractivity contribution >= 4 is 16.5 Å². The monoisotopic (exact) mass is 401 g/mol. The van der Waals surface area contributed by atoms with Gasteiger partial charge in [0, 0.05) is 39.4 Å². The molecule has 0 fully saturated rings. The van der Waals surface area contributed by atoms with Crippen LogP contribution in [0.25, 0.3) is 27.7 Å². The van der Waals surface area contributed by atoms with E-state index in [0.717, 1.165) is 12.1 Å². The Labute approximate surface area is 181 Å². The van der Waals surface area contributed by atoms with E-state index in [1.807, 2.05) is 6.20 Å². The van der Waals surface area contributed by atoms with Crippen LogP contribution in [0.5, 0.6) is 0 Å². The van der Waals surface area contributed by atoms with Gasteiger partial charge in [-0.2, -0.15) is 0 Å². The van der Waals surface area contributed by atoms with Crippen molar-refractivity contribution in [3.63, 3.8) is 0 Å². The first-order chi connectivity index (χ1) is 14.0. The normalized spacial score (nSPS) is 18.8. The molecule has 0 saturated carbocycles. The van der Waals surface area contributed by atoms with Gasteiger partial charge < -0.3 is 4.98 Å². The van der Waals surface area contributed by atoms with Crippen LogP contribution in [-0.4, -0.2) is 33.0 Å². The van der Waals surface area contributed by atoms with Gasteiger partial charge in [-0.15, -0.1) is 0 Å². The van der Waals surface area contributed by atoms with Gasteiger partial charge in [0.25, 0.3) is 0 Å². The highest BCUT2D eigenvalue weighted by Crippen LogP contribution is 2.42. The lowest BCUT2D eigenvalue weighted by atomic mass is 9.79. The van der Waals surface area contributed by atoms with Gasteiger partial charge in [-0.1, -0.05) is 26.0 Å². The summed E-state index contributed by atoms with van der Waals surface area (Å²) in [6.07, 6.45) is 5.41.